The molecule has 0 bridgehead atoms. The van der Waals surface area contributed by atoms with Crippen molar-refractivity contribution in [2.75, 3.05) is 27.2 Å². The largest absolute Gasteiger partial charge is 0.330 e. The highest BCUT2D eigenvalue weighted by Crippen LogP contribution is 2.38. The molecule has 2 rings (SSSR count). The first-order chi connectivity index (χ1) is 11.0. The third-order valence-electron chi connectivity index (χ3n) is 5.54. The maximum absolute atomic E-state index is 6.34. The summed E-state index contributed by atoms with van der Waals surface area (Å²) in [5, 5.41) is 2.70. The van der Waals surface area contributed by atoms with E-state index in [4.69, 9.17) is 5.73 Å². The summed E-state index contributed by atoms with van der Waals surface area (Å²) in [5.74, 6) is 0.617. The second-order valence-electron chi connectivity index (χ2n) is 7.24. The van der Waals surface area contributed by atoms with E-state index in [1.165, 1.54) is 22.8 Å². The zero-order valence-electron chi connectivity index (χ0n) is 15.2. The van der Waals surface area contributed by atoms with Crippen molar-refractivity contribution in [3.05, 3.63) is 48.0 Å². The molecule has 0 aliphatic heterocycles. The second kappa shape index (κ2) is 7.94. The number of nitrogens with two attached hydrogens (primary N) is 1. The molecule has 2 aromatic rings. The first-order valence-corrected chi connectivity index (χ1v) is 8.84. The zero-order valence-corrected chi connectivity index (χ0v) is 15.2. The van der Waals surface area contributed by atoms with Gasteiger partial charge in [-0.15, -0.1) is 0 Å². The summed E-state index contributed by atoms with van der Waals surface area (Å²) < 4.78 is 0. The lowest BCUT2D eigenvalue weighted by atomic mass is 9.68. The van der Waals surface area contributed by atoms with Gasteiger partial charge in [0, 0.05) is 0 Å². The highest BCUT2D eigenvalue weighted by atomic mass is 15.0. The number of benzene rings is 2. The van der Waals surface area contributed by atoms with Crippen molar-refractivity contribution in [2.45, 2.75) is 33.1 Å². The lowest BCUT2D eigenvalue weighted by molar-refractivity contribution is 0.144. The highest BCUT2D eigenvalue weighted by molar-refractivity contribution is 5.85. The maximum Gasteiger partial charge on any atom is -0.00143 e. The van der Waals surface area contributed by atoms with Crippen molar-refractivity contribution in [3.8, 4) is 0 Å². The van der Waals surface area contributed by atoms with Gasteiger partial charge >= 0.3 is 0 Å². The summed E-state index contributed by atoms with van der Waals surface area (Å²) in [7, 11) is 4.30. The quantitative estimate of drug-likeness (QED) is 0.786. The summed E-state index contributed by atoms with van der Waals surface area (Å²) in [6.45, 7) is 6.49. The molecule has 0 saturated carbocycles. The molecule has 0 heterocycles. The monoisotopic (exact) mass is 312 g/mol. The first kappa shape index (κ1) is 18.0. The van der Waals surface area contributed by atoms with Crippen molar-refractivity contribution in [1.82, 2.24) is 4.90 Å². The molecule has 2 aromatic carbocycles. The molecule has 2 nitrogen and oxygen atoms in total. The van der Waals surface area contributed by atoms with Gasteiger partial charge in [-0.2, -0.15) is 0 Å². The van der Waals surface area contributed by atoms with Crippen molar-refractivity contribution in [2.24, 2.45) is 17.1 Å². The van der Waals surface area contributed by atoms with Gasteiger partial charge < -0.3 is 10.6 Å². The van der Waals surface area contributed by atoms with Crippen LogP contribution in [-0.2, 0) is 6.42 Å². The van der Waals surface area contributed by atoms with Gasteiger partial charge in [-0.05, 0) is 67.7 Å². The van der Waals surface area contributed by atoms with Gasteiger partial charge in [0.05, 0.1) is 0 Å². The normalized spacial score (nSPS) is 15.7. The van der Waals surface area contributed by atoms with E-state index in [9.17, 15) is 0 Å². The number of hydrogen-bond donors (Lipinski definition) is 1. The minimum absolute atomic E-state index is 0.170. The molecule has 0 fully saturated rings. The highest BCUT2D eigenvalue weighted by Gasteiger charge is 2.34. The van der Waals surface area contributed by atoms with Crippen LogP contribution in [0.5, 0.6) is 0 Å². The predicted molar refractivity (Wildman–Crippen MR) is 102 cm³/mol. The van der Waals surface area contributed by atoms with Crippen LogP contribution in [0.3, 0.4) is 0 Å². The van der Waals surface area contributed by atoms with Crippen LogP contribution in [-0.4, -0.2) is 32.1 Å². The van der Waals surface area contributed by atoms with Crippen LogP contribution in [0.1, 0.15) is 32.3 Å². The minimum atomic E-state index is 0.170. The molecule has 0 aromatic heterocycles. The van der Waals surface area contributed by atoms with E-state index in [1.54, 1.807) is 0 Å². The van der Waals surface area contributed by atoms with Crippen LogP contribution in [0.4, 0.5) is 0 Å². The molecule has 23 heavy (non-hydrogen) atoms. The average Bonchev–Trinajstić information content (AvgIpc) is 2.58. The van der Waals surface area contributed by atoms with Gasteiger partial charge in [0.1, 0.15) is 0 Å². The zero-order chi connectivity index (χ0) is 16.9. The van der Waals surface area contributed by atoms with Crippen molar-refractivity contribution in [3.63, 3.8) is 0 Å². The first-order valence-electron chi connectivity index (χ1n) is 8.84. The topological polar surface area (TPSA) is 29.3 Å². The molecule has 2 N–H and O–H groups in total. The summed E-state index contributed by atoms with van der Waals surface area (Å²) in [5.41, 5.74) is 7.95. The van der Waals surface area contributed by atoms with Gasteiger partial charge in [0.15, 0.2) is 0 Å². The van der Waals surface area contributed by atoms with E-state index in [0.717, 1.165) is 25.9 Å². The van der Waals surface area contributed by atoms with Crippen LogP contribution in [0.25, 0.3) is 10.8 Å². The Morgan fingerprint density at radius 3 is 2.43 bits per heavy atom. The molecular formula is C21H32N2. The third-order valence-corrected chi connectivity index (χ3v) is 5.54. The Morgan fingerprint density at radius 2 is 1.78 bits per heavy atom. The fraction of sp³-hybridized carbons (Fsp3) is 0.524. The van der Waals surface area contributed by atoms with Gasteiger partial charge in [-0.3, -0.25) is 0 Å². The number of fused-ring (bicyclic) bond motifs is 1. The van der Waals surface area contributed by atoms with Crippen LogP contribution >= 0.6 is 0 Å². The number of nitrogens with zero attached hydrogens (tertiary/aromatic N) is 1. The van der Waals surface area contributed by atoms with Gasteiger partial charge in [0.25, 0.3) is 0 Å². The lowest BCUT2D eigenvalue weighted by Crippen LogP contribution is -2.41. The van der Waals surface area contributed by atoms with Crippen LogP contribution in [0.2, 0.25) is 0 Å². The van der Waals surface area contributed by atoms with E-state index in [0.29, 0.717) is 5.92 Å². The number of rotatable bonds is 8. The van der Waals surface area contributed by atoms with E-state index >= 15 is 0 Å². The summed E-state index contributed by atoms with van der Waals surface area (Å²) in [6.07, 6.45) is 3.39. The van der Waals surface area contributed by atoms with Crippen molar-refractivity contribution in [1.29, 1.82) is 0 Å². The second-order valence-corrected chi connectivity index (χ2v) is 7.24. The molecule has 126 valence electrons. The Kier molecular flexibility index (Phi) is 6.20. The molecule has 0 aliphatic rings. The van der Waals surface area contributed by atoms with E-state index in [1.807, 2.05) is 0 Å². The Morgan fingerprint density at radius 1 is 1.09 bits per heavy atom. The van der Waals surface area contributed by atoms with Crippen molar-refractivity contribution >= 4 is 10.8 Å². The van der Waals surface area contributed by atoms with E-state index < -0.39 is 0 Å². The van der Waals surface area contributed by atoms with E-state index in [2.05, 4.69) is 75.3 Å². The summed E-state index contributed by atoms with van der Waals surface area (Å²) in [6, 6.07) is 15.4. The third kappa shape index (κ3) is 4.13. The Bertz CT molecular complexity index is 615. The molecule has 2 unspecified atom stereocenters. The Hall–Kier alpha value is -1.38. The molecular weight excluding hydrogens is 280 g/mol. The Balaban J connectivity index is 2.39. The lowest BCUT2D eigenvalue weighted by Gasteiger charge is -2.39. The van der Waals surface area contributed by atoms with Gasteiger partial charge in [-0.25, -0.2) is 0 Å². The summed E-state index contributed by atoms with van der Waals surface area (Å²) >= 11 is 0. The molecule has 2 heteroatoms. The van der Waals surface area contributed by atoms with Crippen molar-refractivity contribution < 1.29 is 0 Å². The van der Waals surface area contributed by atoms with Crippen LogP contribution in [0.15, 0.2) is 42.5 Å². The van der Waals surface area contributed by atoms with Gasteiger partial charge in [-0.1, -0.05) is 62.7 Å². The van der Waals surface area contributed by atoms with E-state index in [-0.39, 0.29) is 5.41 Å². The van der Waals surface area contributed by atoms with Crippen LogP contribution < -0.4 is 5.73 Å². The molecule has 0 saturated heterocycles. The van der Waals surface area contributed by atoms with Gasteiger partial charge in [0.2, 0.25) is 0 Å². The predicted octanol–water partition coefficient (Wildman–Crippen LogP) is 4.33. The molecule has 0 spiro atoms. The molecule has 0 aliphatic carbocycles. The fourth-order valence-corrected chi connectivity index (χ4v) is 3.59. The SMILES string of the molecule is CCC(C)C(CN)(CCN(C)C)Cc1cccc2ccccc12. The average molecular weight is 313 g/mol. The molecule has 2 atom stereocenters. The smallest absolute Gasteiger partial charge is 0.00143 e. The Labute approximate surface area is 141 Å². The fourth-order valence-electron chi connectivity index (χ4n) is 3.59. The number of hydrogen-bond acceptors (Lipinski definition) is 2. The standard InChI is InChI=1S/C21H32N2/c1-5-17(2)21(16-22,13-14-23(3)4)15-19-11-8-10-18-9-6-7-12-20(18)19/h6-12,17H,5,13-16,22H2,1-4H3. The van der Waals surface area contributed by atoms with Crippen LogP contribution in [0, 0.1) is 11.3 Å². The maximum atomic E-state index is 6.34. The molecule has 0 amide bonds. The summed E-state index contributed by atoms with van der Waals surface area (Å²) in [4.78, 5) is 2.27. The molecule has 0 radical (unpaired) electrons. The minimum Gasteiger partial charge on any atom is -0.330 e.